The molecule has 0 aliphatic carbocycles. The van der Waals surface area contributed by atoms with E-state index in [2.05, 4.69) is 15.9 Å². The Kier molecular flexibility index (Phi) is 4.25. The minimum atomic E-state index is -0.233. The highest BCUT2D eigenvalue weighted by Crippen LogP contribution is 2.31. The van der Waals surface area contributed by atoms with E-state index in [0.717, 1.165) is 21.4 Å². The lowest BCUT2D eigenvalue weighted by Gasteiger charge is -2.21. The average Bonchev–Trinajstić information content (AvgIpc) is 2.38. The smallest absolute Gasteiger partial charge is 0.123 e. The molecule has 0 saturated heterocycles. The zero-order valence-corrected chi connectivity index (χ0v) is 12.2. The van der Waals surface area contributed by atoms with Crippen molar-refractivity contribution in [3.8, 4) is 0 Å². The molecule has 0 unspecified atom stereocenters. The van der Waals surface area contributed by atoms with Crippen LogP contribution in [0.4, 0.5) is 15.8 Å². The molecule has 0 bridgehead atoms. The standard InChI is InChI=1S/C14H12BrClFN/c1-18(12-5-3-11(17)4-6-12)14-7-2-10(9-16)8-13(14)15/h2-8H,9H2,1H3. The maximum atomic E-state index is 12.9. The number of hydrogen-bond donors (Lipinski definition) is 0. The number of nitrogens with zero attached hydrogens (tertiary/aromatic N) is 1. The van der Waals surface area contributed by atoms with Crippen molar-refractivity contribution in [2.24, 2.45) is 0 Å². The van der Waals surface area contributed by atoms with Gasteiger partial charge in [-0.25, -0.2) is 4.39 Å². The Balaban J connectivity index is 2.33. The second-order valence-corrected chi connectivity index (χ2v) is 5.08. The highest BCUT2D eigenvalue weighted by Gasteiger charge is 2.08. The van der Waals surface area contributed by atoms with E-state index < -0.39 is 0 Å². The van der Waals surface area contributed by atoms with Crippen molar-refractivity contribution in [3.63, 3.8) is 0 Å². The molecule has 18 heavy (non-hydrogen) atoms. The normalized spacial score (nSPS) is 10.4. The molecule has 0 atom stereocenters. The molecule has 0 radical (unpaired) electrons. The predicted molar refractivity (Wildman–Crippen MR) is 78.2 cm³/mol. The number of benzene rings is 2. The van der Waals surface area contributed by atoms with E-state index in [9.17, 15) is 4.39 Å². The van der Waals surface area contributed by atoms with Crippen LogP contribution in [0, 0.1) is 5.82 Å². The van der Waals surface area contributed by atoms with Crippen LogP contribution in [-0.4, -0.2) is 7.05 Å². The lowest BCUT2D eigenvalue weighted by molar-refractivity contribution is 0.628. The number of anilines is 2. The monoisotopic (exact) mass is 327 g/mol. The molecule has 0 aromatic heterocycles. The SMILES string of the molecule is CN(c1ccc(F)cc1)c1ccc(CCl)cc1Br. The number of halogens is 3. The van der Waals surface area contributed by atoms with Gasteiger partial charge in [0, 0.05) is 23.1 Å². The molecule has 0 aliphatic rings. The quantitative estimate of drug-likeness (QED) is 0.709. The van der Waals surface area contributed by atoms with Crippen LogP contribution in [0.15, 0.2) is 46.9 Å². The number of hydrogen-bond acceptors (Lipinski definition) is 1. The van der Waals surface area contributed by atoms with Gasteiger partial charge < -0.3 is 4.90 Å². The van der Waals surface area contributed by atoms with Gasteiger partial charge in [0.15, 0.2) is 0 Å². The van der Waals surface area contributed by atoms with E-state index in [1.165, 1.54) is 12.1 Å². The van der Waals surface area contributed by atoms with Crippen LogP contribution in [0.2, 0.25) is 0 Å². The van der Waals surface area contributed by atoms with Crippen molar-refractivity contribution in [2.45, 2.75) is 5.88 Å². The third-order valence-corrected chi connectivity index (χ3v) is 3.69. The minimum absolute atomic E-state index is 0.233. The summed E-state index contributed by atoms with van der Waals surface area (Å²) in [5, 5.41) is 0. The second kappa shape index (κ2) is 5.72. The van der Waals surface area contributed by atoms with Gasteiger partial charge >= 0.3 is 0 Å². The van der Waals surface area contributed by atoms with E-state index in [4.69, 9.17) is 11.6 Å². The summed E-state index contributed by atoms with van der Waals surface area (Å²) in [6.45, 7) is 0. The Labute approximate surface area is 119 Å². The Morgan fingerprint density at radius 2 is 1.83 bits per heavy atom. The van der Waals surface area contributed by atoms with Crippen molar-refractivity contribution in [1.29, 1.82) is 0 Å². The van der Waals surface area contributed by atoms with E-state index in [1.807, 2.05) is 30.1 Å². The molecule has 0 aliphatic heterocycles. The van der Waals surface area contributed by atoms with Gasteiger partial charge in [0.05, 0.1) is 5.69 Å². The topological polar surface area (TPSA) is 3.24 Å². The second-order valence-electron chi connectivity index (χ2n) is 3.95. The van der Waals surface area contributed by atoms with Gasteiger partial charge in [0.1, 0.15) is 5.82 Å². The van der Waals surface area contributed by atoms with Crippen LogP contribution in [-0.2, 0) is 5.88 Å². The van der Waals surface area contributed by atoms with Crippen LogP contribution in [0.3, 0.4) is 0 Å². The van der Waals surface area contributed by atoms with Crippen LogP contribution < -0.4 is 4.90 Å². The van der Waals surface area contributed by atoms with Gasteiger partial charge in [0.25, 0.3) is 0 Å². The molecule has 0 fully saturated rings. The van der Waals surface area contributed by atoms with Gasteiger partial charge in [-0.05, 0) is 57.9 Å². The maximum absolute atomic E-state index is 12.9. The molecule has 94 valence electrons. The summed E-state index contributed by atoms with van der Waals surface area (Å²) >= 11 is 9.32. The maximum Gasteiger partial charge on any atom is 0.123 e. The first-order valence-electron chi connectivity index (χ1n) is 5.45. The predicted octanol–water partition coefficient (Wildman–Crippen LogP) is 5.09. The van der Waals surface area contributed by atoms with Gasteiger partial charge in [-0.2, -0.15) is 0 Å². The van der Waals surface area contributed by atoms with Crippen LogP contribution >= 0.6 is 27.5 Å². The van der Waals surface area contributed by atoms with E-state index in [0.29, 0.717) is 5.88 Å². The fourth-order valence-corrected chi connectivity index (χ4v) is 2.57. The minimum Gasteiger partial charge on any atom is -0.344 e. The van der Waals surface area contributed by atoms with Crippen molar-refractivity contribution in [1.82, 2.24) is 0 Å². The molecular weight excluding hydrogens is 317 g/mol. The fraction of sp³-hybridized carbons (Fsp3) is 0.143. The highest BCUT2D eigenvalue weighted by molar-refractivity contribution is 9.10. The van der Waals surface area contributed by atoms with E-state index >= 15 is 0 Å². The molecule has 0 amide bonds. The summed E-state index contributed by atoms with van der Waals surface area (Å²) < 4.78 is 13.9. The van der Waals surface area contributed by atoms with Crippen molar-refractivity contribution < 1.29 is 4.39 Å². The summed E-state index contributed by atoms with van der Waals surface area (Å²) in [5.74, 6) is 0.253. The van der Waals surface area contributed by atoms with Crippen LogP contribution in [0.1, 0.15) is 5.56 Å². The summed E-state index contributed by atoms with van der Waals surface area (Å²) in [5.41, 5.74) is 2.99. The van der Waals surface area contributed by atoms with E-state index in [-0.39, 0.29) is 5.82 Å². The summed E-state index contributed by atoms with van der Waals surface area (Å²) in [6, 6.07) is 12.4. The van der Waals surface area contributed by atoms with Gasteiger partial charge in [-0.1, -0.05) is 6.07 Å². The van der Waals surface area contributed by atoms with Crippen LogP contribution in [0.5, 0.6) is 0 Å². The molecular formula is C14H12BrClFN. The zero-order valence-electron chi connectivity index (χ0n) is 9.83. The molecule has 0 saturated carbocycles. The molecule has 0 spiro atoms. The zero-order chi connectivity index (χ0) is 13.1. The van der Waals surface area contributed by atoms with Gasteiger partial charge in [-0.15, -0.1) is 11.6 Å². The highest BCUT2D eigenvalue weighted by atomic mass is 79.9. The third-order valence-electron chi connectivity index (χ3n) is 2.74. The Bertz CT molecular complexity index is 542. The summed E-state index contributed by atoms with van der Waals surface area (Å²) in [4.78, 5) is 1.99. The van der Waals surface area contributed by atoms with Gasteiger partial charge in [0.2, 0.25) is 0 Å². The first-order chi connectivity index (χ1) is 8.61. The van der Waals surface area contributed by atoms with E-state index in [1.54, 1.807) is 12.1 Å². The molecule has 2 aromatic rings. The lowest BCUT2D eigenvalue weighted by Crippen LogP contribution is -2.10. The lowest BCUT2D eigenvalue weighted by atomic mass is 10.2. The molecule has 2 rings (SSSR count). The first-order valence-corrected chi connectivity index (χ1v) is 6.78. The molecule has 0 N–H and O–H groups in total. The molecule has 4 heteroatoms. The molecule has 1 nitrogen and oxygen atoms in total. The van der Waals surface area contributed by atoms with Crippen LogP contribution in [0.25, 0.3) is 0 Å². The third kappa shape index (κ3) is 2.85. The largest absolute Gasteiger partial charge is 0.344 e. The first kappa shape index (κ1) is 13.4. The Morgan fingerprint density at radius 3 is 2.39 bits per heavy atom. The Morgan fingerprint density at radius 1 is 1.17 bits per heavy atom. The summed E-state index contributed by atoms with van der Waals surface area (Å²) in [6.07, 6.45) is 0. The fourth-order valence-electron chi connectivity index (χ4n) is 1.71. The Hall–Kier alpha value is -1.06. The molecule has 0 heterocycles. The number of rotatable bonds is 3. The molecule has 2 aromatic carbocycles. The van der Waals surface area contributed by atoms with Crippen molar-refractivity contribution >= 4 is 38.9 Å². The summed E-state index contributed by atoms with van der Waals surface area (Å²) in [7, 11) is 1.94. The number of alkyl halides is 1. The van der Waals surface area contributed by atoms with Crippen molar-refractivity contribution in [3.05, 3.63) is 58.3 Å². The average molecular weight is 329 g/mol. The van der Waals surface area contributed by atoms with Gasteiger partial charge in [-0.3, -0.25) is 0 Å². The van der Waals surface area contributed by atoms with Crippen molar-refractivity contribution in [2.75, 3.05) is 11.9 Å².